The van der Waals surface area contributed by atoms with Crippen molar-refractivity contribution in [2.45, 2.75) is 13.0 Å². The van der Waals surface area contributed by atoms with Gasteiger partial charge in [-0.2, -0.15) is 0 Å². The van der Waals surface area contributed by atoms with Gasteiger partial charge in [0.25, 0.3) is 0 Å². The monoisotopic (exact) mass is 358 g/mol. The molecule has 19 heavy (non-hydrogen) atoms. The lowest BCUT2D eigenvalue weighted by atomic mass is 10.1. The first-order valence-corrected chi connectivity index (χ1v) is 7.66. The average molecular weight is 359 g/mol. The number of hydrogen-bond acceptors (Lipinski definition) is 3. The van der Waals surface area contributed by atoms with Crippen LogP contribution in [-0.4, -0.2) is 4.99 Å². The molecule has 6 heteroatoms. The number of hydrogen-bond donors (Lipinski definition) is 2. The van der Waals surface area contributed by atoms with E-state index in [2.05, 4.69) is 21.2 Å². The molecule has 2 nitrogen and oxygen atoms in total. The molecule has 0 aliphatic rings. The largest absolute Gasteiger partial charge is 0.389 e. The third kappa shape index (κ3) is 3.13. The van der Waals surface area contributed by atoms with Crippen LogP contribution in [-0.2, 0) is 0 Å². The molecule has 0 bridgehead atoms. The van der Waals surface area contributed by atoms with E-state index in [9.17, 15) is 4.39 Å². The van der Waals surface area contributed by atoms with Crippen molar-refractivity contribution in [1.29, 1.82) is 0 Å². The minimum Gasteiger partial charge on any atom is -0.389 e. The molecule has 1 aromatic carbocycles. The molecule has 0 saturated carbocycles. The Labute approximate surface area is 129 Å². The second-order valence-electron chi connectivity index (χ2n) is 4.03. The fraction of sp³-hybridized carbons (Fsp3) is 0.154. The highest BCUT2D eigenvalue weighted by Gasteiger charge is 2.15. The van der Waals surface area contributed by atoms with Crippen molar-refractivity contribution in [3.63, 3.8) is 0 Å². The zero-order valence-corrected chi connectivity index (χ0v) is 13.3. The van der Waals surface area contributed by atoms with E-state index in [-0.39, 0.29) is 16.8 Å². The summed E-state index contributed by atoms with van der Waals surface area (Å²) in [7, 11) is 0. The standard InChI is InChI=1S/C13H12BrFN2S2/c1-7(10-3-2-6-19-10)17-9-5-4-8(13(16)18)11(14)12(9)15/h2-7,17H,1H3,(H2,16,18). The van der Waals surface area contributed by atoms with Gasteiger partial charge in [-0.3, -0.25) is 0 Å². The molecule has 2 aromatic rings. The highest BCUT2D eigenvalue weighted by Crippen LogP contribution is 2.30. The number of rotatable bonds is 4. The SMILES string of the molecule is CC(Nc1ccc(C(N)=S)c(Br)c1F)c1cccs1. The fourth-order valence-corrected chi connectivity index (χ4v) is 3.29. The molecule has 0 amide bonds. The van der Waals surface area contributed by atoms with Crippen LogP contribution >= 0.6 is 39.5 Å². The van der Waals surface area contributed by atoms with Crippen molar-refractivity contribution in [3.05, 3.63) is 50.4 Å². The maximum absolute atomic E-state index is 14.2. The first-order valence-electron chi connectivity index (χ1n) is 5.58. The minimum atomic E-state index is -0.381. The Morgan fingerprint density at radius 3 is 2.79 bits per heavy atom. The second-order valence-corrected chi connectivity index (χ2v) is 6.25. The Balaban J connectivity index is 2.27. The molecule has 0 fully saturated rings. The molecule has 3 N–H and O–H groups in total. The van der Waals surface area contributed by atoms with Crippen LogP contribution < -0.4 is 11.1 Å². The molecule has 0 saturated heterocycles. The Morgan fingerprint density at radius 2 is 2.21 bits per heavy atom. The fourth-order valence-electron chi connectivity index (χ4n) is 1.69. The third-order valence-corrected chi connectivity index (χ3v) is 4.74. The Kier molecular flexibility index (Phi) is 4.54. The van der Waals surface area contributed by atoms with Gasteiger partial charge < -0.3 is 11.1 Å². The van der Waals surface area contributed by atoms with Crippen LogP contribution in [0.25, 0.3) is 0 Å². The van der Waals surface area contributed by atoms with E-state index in [1.807, 2.05) is 24.4 Å². The third-order valence-electron chi connectivity index (χ3n) is 2.69. The van der Waals surface area contributed by atoms with Crippen molar-refractivity contribution in [3.8, 4) is 0 Å². The summed E-state index contributed by atoms with van der Waals surface area (Å²) in [4.78, 5) is 1.32. The van der Waals surface area contributed by atoms with Gasteiger partial charge in [-0.05, 0) is 46.4 Å². The van der Waals surface area contributed by atoms with E-state index >= 15 is 0 Å². The molecule has 0 spiro atoms. The van der Waals surface area contributed by atoms with Crippen molar-refractivity contribution < 1.29 is 4.39 Å². The van der Waals surface area contributed by atoms with Crippen molar-refractivity contribution in [2.75, 3.05) is 5.32 Å². The van der Waals surface area contributed by atoms with Crippen LogP contribution in [0.3, 0.4) is 0 Å². The van der Waals surface area contributed by atoms with Gasteiger partial charge >= 0.3 is 0 Å². The lowest BCUT2D eigenvalue weighted by molar-refractivity contribution is 0.621. The predicted octanol–water partition coefficient (Wildman–Crippen LogP) is 4.46. The maximum Gasteiger partial charge on any atom is 0.161 e. The molecule has 1 aromatic heterocycles. The van der Waals surface area contributed by atoms with E-state index in [0.29, 0.717) is 15.7 Å². The smallest absolute Gasteiger partial charge is 0.161 e. The van der Waals surface area contributed by atoms with Gasteiger partial charge in [0, 0.05) is 10.4 Å². The number of nitrogens with two attached hydrogens (primary N) is 1. The summed E-state index contributed by atoms with van der Waals surface area (Å²) in [6, 6.07) is 7.38. The summed E-state index contributed by atoms with van der Waals surface area (Å²) in [5.41, 5.74) is 6.45. The summed E-state index contributed by atoms with van der Waals surface area (Å²) in [5.74, 6) is -0.381. The van der Waals surface area contributed by atoms with E-state index < -0.39 is 0 Å². The number of nitrogens with one attached hydrogen (secondary N) is 1. The number of anilines is 1. The summed E-state index contributed by atoms with van der Waals surface area (Å²) in [5, 5.41) is 5.14. The van der Waals surface area contributed by atoms with Gasteiger partial charge in [0.05, 0.1) is 16.2 Å². The summed E-state index contributed by atoms with van der Waals surface area (Å²) in [6.45, 7) is 1.99. The van der Waals surface area contributed by atoms with E-state index in [4.69, 9.17) is 18.0 Å². The predicted molar refractivity (Wildman–Crippen MR) is 86.3 cm³/mol. The number of benzene rings is 1. The summed E-state index contributed by atoms with van der Waals surface area (Å²) in [6.07, 6.45) is 0. The van der Waals surface area contributed by atoms with Gasteiger partial charge in [0.15, 0.2) is 5.82 Å². The first kappa shape index (κ1) is 14.4. The van der Waals surface area contributed by atoms with E-state index in [0.717, 1.165) is 4.88 Å². The number of thiocarbonyl (C=S) groups is 1. The number of thiophene rings is 1. The molecule has 1 heterocycles. The first-order chi connectivity index (χ1) is 9.00. The summed E-state index contributed by atoms with van der Waals surface area (Å²) >= 11 is 9.69. The van der Waals surface area contributed by atoms with Crippen LogP contribution in [0.15, 0.2) is 34.1 Å². The quantitative estimate of drug-likeness (QED) is 0.792. The second kappa shape index (κ2) is 5.98. The zero-order chi connectivity index (χ0) is 14.0. The summed E-state index contributed by atoms with van der Waals surface area (Å²) < 4.78 is 14.5. The van der Waals surface area contributed by atoms with Crippen LogP contribution in [0, 0.1) is 5.82 Å². The lowest BCUT2D eigenvalue weighted by Crippen LogP contribution is -2.12. The molecule has 0 radical (unpaired) electrons. The van der Waals surface area contributed by atoms with Gasteiger partial charge in [-0.25, -0.2) is 4.39 Å². The minimum absolute atomic E-state index is 0.0390. The molecule has 100 valence electrons. The maximum atomic E-state index is 14.2. The van der Waals surface area contributed by atoms with Crippen LogP contribution in [0.2, 0.25) is 0 Å². The topological polar surface area (TPSA) is 38.0 Å². The molecule has 1 unspecified atom stereocenters. The van der Waals surface area contributed by atoms with Crippen molar-refractivity contribution in [1.82, 2.24) is 0 Å². The molecule has 0 aliphatic carbocycles. The highest BCUT2D eigenvalue weighted by atomic mass is 79.9. The molecule has 0 aliphatic heterocycles. The van der Waals surface area contributed by atoms with Gasteiger partial charge in [-0.1, -0.05) is 18.3 Å². The molecular formula is C13H12BrFN2S2. The Hall–Kier alpha value is -0.980. The van der Waals surface area contributed by atoms with Crippen LogP contribution in [0.5, 0.6) is 0 Å². The Morgan fingerprint density at radius 1 is 1.47 bits per heavy atom. The molecule has 2 rings (SSSR count). The average Bonchev–Trinajstić information content (AvgIpc) is 2.88. The van der Waals surface area contributed by atoms with Gasteiger partial charge in [-0.15, -0.1) is 11.3 Å². The van der Waals surface area contributed by atoms with Crippen LogP contribution in [0.1, 0.15) is 23.4 Å². The highest BCUT2D eigenvalue weighted by molar-refractivity contribution is 9.10. The zero-order valence-electron chi connectivity index (χ0n) is 10.1. The van der Waals surface area contributed by atoms with Gasteiger partial charge in [0.2, 0.25) is 0 Å². The lowest BCUT2D eigenvalue weighted by Gasteiger charge is -2.16. The van der Waals surface area contributed by atoms with Crippen molar-refractivity contribution in [2.24, 2.45) is 5.73 Å². The van der Waals surface area contributed by atoms with Crippen LogP contribution in [0.4, 0.5) is 10.1 Å². The van der Waals surface area contributed by atoms with E-state index in [1.54, 1.807) is 23.5 Å². The van der Waals surface area contributed by atoms with Gasteiger partial charge in [0.1, 0.15) is 4.99 Å². The molecular weight excluding hydrogens is 347 g/mol. The van der Waals surface area contributed by atoms with E-state index in [1.165, 1.54) is 0 Å². The Bertz CT molecular complexity index is 599. The van der Waals surface area contributed by atoms with Crippen molar-refractivity contribution >= 4 is 50.2 Å². The number of halogens is 2. The molecule has 1 atom stereocenters. The normalized spacial score (nSPS) is 12.2.